The van der Waals surface area contributed by atoms with Gasteiger partial charge in [0.05, 0.1) is 3.79 Å². The number of thiophene rings is 1. The molecule has 1 aliphatic rings. The van der Waals surface area contributed by atoms with E-state index in [-0.39, 0.29) is 0 Å². The fourth-order valence-electron chi connectivity index (χ4n) is 1.52. The molecule has 0 saturated heterocycles. The quantitative estimate of drug-likeness (QED) is 0.681. The van der Waals surface area contributed by atoms with Crippen LogP contribution < -0.4 is 5.32 Å². The van der Waals surface area contributed by atoms with Crippen LogP contribution in [0.3, 0.4) is 0 Å². The molecule has 0 radical (unpaired) electrons. The molecule has 0 unspecified atom stereocenters. The Hall–Kier alpha value is 0.580. The number of ether oxygens (including phenoxy) is 1. The van der Waals surface area contributed by atoms with E-state index in [1.165, 1.54) is 21.5 Å². The molecule has 1 fully saturated rings. The third-order valence-electron chi connectivity index (χ3n) is 2.69. The highest BCUT2D eigenvalue weighted by atomic mass is 79.9. The van der Waals surface area contributed by atoms with Crippen LogP contribution >= 0.6 is 43.2 Å². The first-order chi connectivity index (χ1) is 8.25. The number of nitrogens with one attached hydrogen (secondary N) is 1. The van der Waals surface area contributed by atoms with Gasteiger partial charge >= 0.3 is 0 Å². The van der Waals surface area contributed by atoms with Crippen LogP contribution in [0.4, 0.5) is 0 Å². The van der Waals surface area contributed by atoms with Crippen LogP contribution in [0.5, 0.6) is 0 Å². The van der Waals surface area contributed by atoms with Crippen molar-refractivity contribution in [2.24, 2.45) is 5.92 Å². The number of hydrogen-bond donors (Lipinski definition) is 1. The Kier molecular flexibility index (Phi) is 5.96. The lowest BCUT2D eigenvalue weighted by molar-refractivity contribution is 0.122. The van der Waals surface area contributed by atoms with Crippen molar-refractivity contribution in [1.82, 2.24) is 5.32 Å². The van der Waals surface area contributed by atoms with Crippen LogP contribution in [0.15, 0.2) is 14.3 Å². The Balaban J connectivity index is 1.47. The molecule has 0 spiro atoms. The molecule has 1 N–H and O–H groups in total. The van der Waals surface area contributed by atoms with E-state index in [4.69, 9.17) is 4.74 Å². The summed E-state index contributed by atoms with van der Waals surface area (Å²) in [5, 5.41) is 3.43. The number of halogens is 2. The molecule has 1 aromatic rings. The van der Waals surface area contributed by atoms with Gasteiger partial charge < -0.3 is 10.1 Å². The Bertz CT molecular complexity index is 333. The summed E-state index contributed by atoms with van der Waals surface area (Å²) in [4.78, 5) is 1.35. The second-order valence-electron chi connectivity index (χ2n) is 4.38. The van der Waals surface area contributed by atoms with Gasteiger partial charge in [0.2, 0.25) is 0 Å². The monoisotopic (exact) mass is 381 g/mol. The van der Waals surface area contributed by atoms with E-state index in [0.717, 1.165) is 43.1 Å². The summed E-state index contributed by atoms with van der Waals surface area (Å²) >= 11 is 8.77. The summed E-state index contributed by atoms with van der Waals surface area (Å²) in [6, 6.07) is 2.16. The molecular weight excluding hydrogens is 366 g/mol. The predicted octanol–water partition coefficient (Wildman–Crippen LogP) is 4.18. The van der Waals surface area contributed by atoms with Gasteiger partial charge in [-0.2, -0.15) is 0 Å². The van der Waals surface area contributed by atoms with E-state index in [2.05, 4.69) is 43.2 Å². The average Bonchev–Trinajstić information content (AvgIpc) is 3.06. The predicted molar refractivity (Wildman–Crippen MR) is 79.6 cm³/mol. The van der Waals surface area contributed by atoms with Gasteiger partial charge in [-0.3, -0.25) is 0 Å². The average molecular weight is 383 g/mol. The second kappa shape index (κ2) is 7.24. The van der Waals surface area contributed by atoms with Crippen LogP contribution in [-0.2, 0) is 11.3 Å². The van der Waals surface area contributed by atoms with E-state index in [9.17, 15) is 0 Å². The third-order valence-corrected chi connectivity index (χ3v) is 5.94. The minimum Gasteiger partial charge on any atom is -0.381 e. The zero-order valence-corrected chi connectivity index (χ0v) is 13.7. The molecule has 0 bridgehead atoms. The van der Waals surface area contributed by atoms with Gasteiger partial charge in [-0.15, -0.1) is 11.3 Å². The van der Waals surface area contributed by atoms with Crippen LogP contribution in [-0.4, -0.2) is 19.8 Å². The molecule has 96 valence electrons. The first kappa shape index (κ1) is 14.0. The maximum Gasteiger partial charge on any atom is 0.0843 e. The summed E-state index contributed by atoms with van der Waals surface area (Å²) in [6.45, 7) is 3.83. The highest BCUT2D eigenvalue weighted by Gasteiger charge is 2.20. The van der Waals surface area contributed by atoms with Crippen molar-refractivity contribution in [3.63, 3.8) is 0 Å². The van der Waals surface area contributed by atoms with Crippen molar-refractivity contribution < 1.29 is 4.74 Å². The minimum atomic E-state index is 0.878. The Morgan fingerprint density at radius 2 is 2.24 bits per heavy atom. The van der Waals surface area contributed by atoms with Gasteiger partial charge in [-0.25, -0.2) is 0 Å². The summed E-state index contributed by atoms with van der Waals surface area (Å²) in [5.74, 6) is 0.878. The van der Waals surface area contributed by atoms with E-state index in [1.54, 1.807) is 11.3 Å². The normalized spacial score (nSPS) is 15.4. The zero-order chi connectivity index (χ0) is 12.1. The summed E-state index contributed by atoms with van der Waals surface area (Å²) in [6.07, 6.45) is 3.85. The van der Waals surface area contributed by atoms with Crippen molar-refractivity contribution in [3.05, 3.63) is 19.2 Å². The number of rotatable bonds is 8. The minimum absolute atomic E-state index is 0.878. The second-order valence-corrected chi connectivity index (χ2v) is 7.69. The summed E-state index contributed by atoms with van der Waals surface area (Å²) in [7, 11) is 0. The first-order valence-electron chi connectivity index (χ1n) is 5.98. The lowest BCUT2D eigenvalue weighted by Gasteiger charge is -2.04. The summed E-state index contributed by atoms with van der Waals surface area (Å²) < 4.78 is 7.89. The van der Waals surface area contributed by atoms with Gasteiger partial charge in [0.15, 0.2) is 0 Å². The van der Waals surface area contributed by atoms with Gasteiger partial charge in [0, 0.05) is 29.1 Å². The Morgan fingerprint density at radius 3 is 2.88 bits per heavy atom. The molecule has 1 saturated carbocycles. The van der Waals surface area contributed by atoms with E-state index in [0.29, 0.717) is 0 Å². The zero-order valence-electron chi connectivity index (χ0n) is 9.68. The van der Waals surface area contributed by atoms with Crippen molar-refractivity contribution in [3.8, 4) is 0 Å². The van der Waals surface area contributed by atoms with Gasteiger partial charge in [-0.05, 0) is 69.7 Å². The van der Waals surface area contributed by atoms with E-state index in [1.807, 2.05) is 0 Å². The molecule has 2 nitrogen and oxygen atoms in total. The van der Waals surface area contributed by atoms with Crippen LogP contribution in [0.25, 0.3) is 0 Å². The largest absolute Gasteiger partial charge is 0.381 e. The molecule has 0 aromatic carbocycles. The van der Waals surface area contributed by atoms with Gasteiger partial charge in [0.1, 0.15) is 0 Å². The van der Waals surface area contributed by atoms with Crippen LogP contribution in [0.1, 0.15) is 24.1 Å². The smallest absolute Gasteiger partial charge is 0.0843 e. The number of hydrogen-bond acceptors (Lipinski definition) is 3. The van der Waals surface area contributed by atoms with Gasteiger partial charge in [0.25, 0.3) is 0 Å². The highest BCUT2D eigenvalue weighted by molar-refractivity contribution is 9.13. The van der Waals surface area contributed by atoms with Crippen LogP contribution in [0, 0.1) is 5.92 Å². The van der Waals surface area contributed by atoms with Crippen molar-refractivity contribution in [1.29, 1.82) is 0 Å². The van der Waals surface area contributed by atoms with Crippen molar-refractivity contribution >= 4 is 43.2 Å². The molecule has 0 atom stereocenters. The van der Waals surface area contributed by atoms with E-state index >= 15 is 0 Å². The maximum atomic E-state index is 5.58. The standard InChI is InChI=1S/C12H17Br2NOS/c13-11-6-10(17-12(11)14)7-15-4-1-5-16-8-9-2-3-9/h6,9,15H,1-5,7-8H2. The van der Waals surface area contributed by atoms with Crippen LogP contribution in [0.2, 0.25) is 0 Å². The lowest BCUT2D eigenvalue weighted by atomic mass is 10.4. The molecule has 1 aromatic heterocycles. The highest BCUT2D eigenvalue weighted by Crippen LogP contribution is 2.32. The molecule has 1 heterocycles. The molecule has 0 aliphatic heterocycles. The fourth-order valence-corrected chi connectivity index (χ4v) is 3.67. The fraction of sp³-hybridized carbons (Fsp3) is 0.667. The van der Waals surface area contributed by atoms with E-state index < -0.39 is 0 Å². The van der Waals surface area contributed by atoms with Crippen molar-refractivity contribution in [2.45, 2.75) is 25.8 Å². The Labute approximate surface area is 123 Å². The SMILES string of the molecule is Brc1cc(CNCCCOCC2CC2)sc1Br. The maximum absolute atomic E-state index is 5.58. The molecule has 5 heteroatoms. The third kappa shape index (κ3) is 5.39. The lowest BCUT2D eigenvalue weighted by Crippen LogP contribution is -2.15. The van der Waals surface area contributed by atoms with Gasteiger partial charge in [-0.1, -0.05) is 0 Å². The summed E-state index contributed by atoms with van der Waals surface area (Å²) in [5.41, 5.74) is 0. The molecule has 17 heavy (non-hydrogen) atoms. The first-order valence-corrected chi connectivity index (χ1v) is 8.38. The topological polar surface area (TPSA) is 21.3 Å². The molecule has 2 rings (SSSR count). The molecule has 1 aliphatic carbocycles. The molecular formula is C12H17Br2NOS. The van der Waals surface area contributed by atoms with Crippen molar-refractivity contribution in [2.75, 3.05) is 19.8 Å². The molecule has 0 amide bonds. The Morgan fingerprint density at radius 1 is 1.41 bits per heavy atom.